The average molecular weight is 376 g/mol. The van der Waals surface area contributed by atoms with E-state index in [-0.39, 0.29) is 11.7 Å². The maximum atomic E-state index is 12.3. The standard InChI is InChI=1S/C22H20N2O2S/c1-16(20-9-5-6-10-21(20)25)23-24-22(26)18-13-11-17(12-14-18)15-27-19-7-3-2-4-8-19/h2-14,25H,15H2,1H3,(H,24,26)/b23-16-. The molecule has 0 fully saturated rings. The van der Waals surface area contributed by atoms with Crippen molar-refractivity contribution in [2.45, 2.75) is 17.6 Å². The van der Waals surface area contributed by atoms with E-state index in [1.807, 2.05) is 36.4 Å². The van der Waals surface area contributed by atoms with E-state index in [1.54, 1.807) is 49.0 Å². The number of hydrogen-bond donors (Lipinski definition) is 2. The van der Waals surface area contributed by atoms with Gasteiger partial charge >= 0.3 is 0 Å². The number of nitrogens with one attached hydrogen (secondary N) is 1. The Hall–Kier alpha value is -3.05. The van der Waals surface area contributed by atoms with Crippen LogP contribution in [0.25, 0.3) is 0 Å². The third-order valence-corrected chi connectivity index (χ3v) is 5.07. The van der Waals surface area contributed by atoms with Gasteiger partial charge in [0.05, 0.1) is 5.71 Å². The maximum Gasteiger partial charge on any atom is 0.271 e. The van der Waals surface area contributed by atoms with Crippen molar-refractivity contribution in [3.63, 3.8) is 0 Å². The molecule has 0 spiro atoms. The number of carbonyl (C=O) groups is 1. The fraction of sp³-hybridized carbons (Fsp3) is 0.0909. The molecule has 0 heterocycles. The summed E-state index contributed by atoms with van der Waals surface area (Å²) in [6.45, 7) is 1.74. The van der Waals surface area contributed by atoms with Crippen LogP contribution in [0.4, 0.5) is 0 Å². The summed E-state index contributed by atoms with van der Waals surface area (Å²) in [5.41, 5.74) is 5.35. The normalized spacial score (nSPS) is 11.2. The van der Waals surface area contributed by atoms with Crippen LogP contribution in [-0.4, -0.2) is 16.7 Å². The Kier molecular flexibility index (Phi) is 6.28. The van der Waals surface area contributed by atoms with E-state index in [2.05, 4.69) is 22.7 Å². The number of hydrogen-bond acceptors (Lipinski definition) is 4. The molecule has 0 aliphatic rings. The third-order valence-electron chi connectivity index (χ3n) is 3.98. The first kappa shape index (κ1) is 18.7. The topological polar surface area (TPSA) is 61.7 Å². The van der Waals surface area contributed by atoms with Crippen LogP contribution in [0.1, 0.15) is 28.4 Å². The molecular formula is C22H20N2O2S. The number of phenols is 1. The van der Waals surface area contributed by atoms with Gasteiger partial charge in [-0.3, -0.25) is 4.79 Å². The number of amides is 1. The number of nitrogens with zero attached hydrogens (tertiary/aromatic N) is 1. The van der Waals surface area contributed by atoms with Gasteiger partial charge in [-0.2, -0.15) is 5.10 Å². The molecule has 0 aromatic heterocycles. The van der Waals surface area contributed by atoms with Crippen molar-refractivity contribution < 1.29 is 9.90 Å². The highest BCUT2D eigenvalue weighted by molar-refractivity contribution is 7.98. The van der Waals surface area contributed by atoms with Gasteiger partial charge in [-0.1, -0.05) is 42.5 Å². The highest BCUT2D eigenvalue weighted by atomic mass is 32.2. The summed E-state index contributed by atoms with van der Waals surface area (Å²) >= 11 is 1.75. The summed E-state index contributed by atoms with van der Waals surface area (Å²) in [5, 5.41) is 13.9. The zero-order chi connectivity index (χ0) is 19.1. The number of thioether (sulfide) groups is 1. The van der Waals surface area contributed by atoms with Crippen LogP contribution in [0, 0.1) is 0 Å². The second kappa shape index (κ2) is 9.05. The summed E-state index contributed by atoms with van der Waals surface area (Å²) in [7, 11) is 0. The van der Waals surface area contributed by atoms with Crippen molar-refractivity contribution in [2.75, 3.05) is 0 Å². The molecule has 0 saturated heterocycles. The molecular weight excluding hydrogens is 356 g/mol. The minimum Gasteiger partial charge on any atom is -0.507 e. The summed E-state index contributed by atoms with van der Waals surface area (Å²) in [5.74, 6) is 0.691. The fourth-order valence-electron chi connectivity index (χ4n) is 2.47. The van der Waals surface area contributed by atoms with Gasteiger partial charge in [-0.15, -0.1) is 11.8 Å². The number of rotatable bonds is 6. The van der Waals surface area contributed by atoms with E-state index in [0.717, 1.165) is 11.3 Å². The largest absolute Gasteiger partial charge is 0.507 e. The lowest BCUT2D eigenvalue weighted by molar-refractivity contribution is 0.0955. The summed E-state index contributed by atoms with van der Waals surface area (Å²) < 4.78 is 0. The molecule has 4 nitrogen and oxygen atoms in total. The van der Waals surface area contributed by atoms with Gasteiger partial charge in [0.1, 0.15) is 5.75 Å². The molecule has 2 N–H and O–H groups in total. The number of benzene rings is 3. The van der Waals surface area contributed by atoms with Crippen molar-refractivity contribution in [1.82, 2.24) is 5.43 Å². The lowest BCUT2D eigenvalue weighted by Gasteiger charge is -2.06. The van der Waals surface area contributed by atoms with Crippen molar-refractivity contribution in [1.29, 1.82) is 0 Å². The Morgan fingerprint density at radius 3 is 2.33 bits per heavy atom. The molecule has 136 valence electrons. The second-order valence-corrected chi connectivity index (χ2v) is 7.00. The van der Waals surface area contributed by atoms with Crippen molar-refractivity contribution in [2.24, 2.45) is 5.10 Å². The van der Waals surface area contributed by atoms with Crippen molar-refractivity contribution in [3.8, 4) is 5.75 Å². The zero-order valence-corrected chi connectivity index (χ0v) is 15.7. The molecule has 1 amide bonds. The molecule has 0 atom stereocenters. The predicted octanol–water partition coefficient (Wildman–Crippen LogP) is 4.84. The van der Waals surface area contributed by atoms with Crippen LogP contribution >= 0.6 is 11.8 Å². The zero-order valence-electron chi connectivity index (χ0n) is 14.9. The lowest BCUT2D eigenvalue weighted by atomic mass is 10.1. The Balaban J connectivity index is 1.59. The quantitative estimate of drug-likeness (QED) is 0.368. The van der Waals surface area contributed by atoms with Gasteiger partial charge in [0.2, 0.25) is 0 Å². The highest BCUT2D eigenvalue weighted by Crippen LogP contribution is 2.22. The maximum absolute atomic E-state index is 12.3. The van der Waals surface area contributed by atoms with Crippen LogP contribution in [0.5, 0.6) is 5.75 Å². The molecule has 0 aliphatic carbocycles. The van der Waals surface area contributed by atoms with Crippen molar-refractivity contribution in [3.05, 3.63) is 95.6 Å². The van der Waals surface area contributed by atoms with Gasteiger partial charge in [0.25, 0.3) is 5.91 Å². The minimum absolute atomic E-state index is 0.133. The summed E-state index contributed by atoms with van der Waals surface area (Å²) in [4.78, 5) is 13.5. The van der Waals surface area contributed by atoms with E-state index < -0.39 is 0 Å². The van der Waals surface area contributed by atoms with Crippen molar-refractivity contribution >= 4 is 23.4 Å². The van der Waals surface area contributed by atoms with Gasteiger partial charge < -0.3 is 5.11 Å². The second-order valence-electron chi connectivity index (χ2n) is 5.95. The van der Waals surface area contributed by atoms with Crippen LogP contribution in [0.2, 0.25) is 0 Å². The number of phenolic OH excluding ortho intramolecular Hbond substituents is 1. The molecule has 0 radical (unpaired) electrons. The molecule has 0 saturated carbocycles. The number of carbonyl (C=O) groups excluding carboxylic acids is 1. The van der Waals surface area contributed by atoms with Gasteiger partial charge in [-0.05, 0) is 48.9 Å². The number of aromatic hydroxyl groups is 1. The first-order valence-corrected chi connectivity index (χ1v) is 9.52. The molecule has 3 aromatic carbocycles. The fourth-order valence-corrected chi connectivity index (χ4v) is 3.35. The average Bonchev–Trinajstić information content (AvgIpc) is 2.72. The summed E-state index contributed by atoms with van der Waals surface area (Å²) in [6.07, 6.45) is 0. The van der Waals surface area contributed by atoms with Crippen LogP contribution in [0.15, 0.2) is 88.9 Å². The van der Waals surface area contributed by atoms with Crippen LogP contribution < -0.4 is 5.43 Å². The molecule has 3 aromatic rings. The van der Waals surface area contributed by atoms with E-state index in [9.17, 15) is 9.90 Å². The number of para-hydroxylation sites is 1. The number of hydrazone groups is 1. The van der Waals surface area contributed by atoms with E-state index in [4.69, 9.17) is 0 Å². The molecule has 0 bridgehead atoms. The van der Waals surface area contributed by atoms with Gasteiger partial charge in [-0.25, -0.2) is 5.43 Å². The lowest BCUT2D eigenvalue weighted by Crippen LogP contribution is -2.19. The SMILES string of the molecule is C/C(=N/NC(=O)c1ccc(CSc2ccccc2)cc1)c1ccccc1O. The van der Waals surface area contributed by atoms with Crippen LogP contribution in [-0.2, 0) is 5.75 Å². The molecule has 3 rings (SSSR count). The minimum atomic E-state index is -0.285. The Morgan fingerprint density at radius 1 is 0.963 bits per heavy atom. The smallest absolute Gasteiger partial charge is 0.271 e. The first-order valence-electron chi connectivity index (χ1n) is 8.53. The van der Waals surface area contributed by atoms with Gasteiger partial charge in [0, 0.05) is 21.8 Å². The van der Waals surface area contributed by atoms with Gasteiger partial charge in [0.15, 0.2) is 0 Å². The Labute approximate surface area is 162 Å². The molecule has 0 unspecified atom stereocenters. The predicted molar refractivity (Wildman–Crippen MR) is 110 cm³/mol. The first-order chi connectivity index (χ1) is 13.1. The Morgan fingerprint density at radius 2 is 1.63 bits per heavy atom. The van der Waals surface area contributed by atoms with E-state index >= 15 is 0 Å². The monoisotopic (exact) mass is 376 g/mol. The van der Waals surface area contributed by atoms with E-state index in [0.29, 0.717) is 16.8 Å². The third kappa shape index (κ3) is 5.21. The molecule has 0 aliphatic heterocycles. The highest BCUT2D eigenvalue weighted by Gasteiger charge is 2.07. The molecule has 5 heteroatoms. The van der Waals surface area contributed by atoms with E-state index in [1.165, 1.54) is 4.90 Å². The Bertz CT molecular complexity index is 938. The van der Waals surface area contributed by atoms with Crippen LogP contribution in [0.3, 0.4) is 0 Å². The molecule has 27 heavy (non-hydrogen) atoms. The summed E-state index contributed by atoms with van der Waals surface area (Å²) in [6, 6.07) is 24.6.